The Hall–Kier alpha value is -2.21. The largest absolute Gasteiger partial charge is 3.00 e. The molecular formula is C44H46Cl2O2Zr2-2. The Labute approximate surface area is 353 Å². The Morgan fingerprint density at radius 3 is 1.16 bits per heavy atom. The Bertz CT molecular complexity index is 1490. The Kier molecular flexibility index (Phi) is 29.3. The van der Waals surface area contributed by atoms with Gasteiger partial charge in [-0.2, -0.15) is 52.0 Å². The van der Waals surface area contributed by atoms with Crippen LogP contribution in [0.3, 0.4) is 0 Å². The van der Waals surface area contributed by atoms with Crippen LogP contribution in [0.2, 0.25) is 0 Å². The van der Waals surface area contributed by atoms with E-state index in [1.165, 1.54) is 44.5 Å². The van der Waals surface area contributed by atoms with Crippen molar-refractivity contribution in [2.45, 2.75) is 53.4 Å². The van der Waals surface area contributed by atoms with E-state index in [-0.39, 0.29) is 77.2 Å². The fourth-order valence-corrected chi connectivity index (χ4v) is 4.99. The summed E-state index contributed by atoms with van der Waals surface area (Å²) in [5, 5.41) is 0. The maximum absolute atomic E-state index is 5.18. The topological polar surface area (TPSA) is 18.5 Å². The van der Waals surface area contributed by atoms with Crippen LogP contribution in [0.25, 0.3) is 22.3 Å². The van der Waals surface area contributed by atoms with E-state index in [2.05, 4.69) is 97.1 Å². The van der Waals surface area contributed by atoms with Crippen LogP contribution in [0.4, 0.5) is 0 Å². The minimum atomic E-state index is 0. The molecule has 0 aromatic heterocycles. The van der Waals surface area contributed by atoms with E-state index in [9.17, 15) is 0 Å². The van der Waals surface area contributed by atoms with Crippen molar-refractivity contribution < 1.29 is 86.7 Å². The molecule has 0 saturated carbocycles. The summed E-state index contributed by atoms with van der Waals surface area (Å²) in [6.07, 6.45) is 25.9. The zero-order valence-corrected chi connectivity index (χ0v) is 36.4. The third kappa shape index (κ3) is 16.0. The molecule has 0 N–H and O–H groups in total. The van der Waals surface area contributed by atoms with Crippen molar-refractivity contribution in [3.05, 3.63) is 169 Å². The summed E-state index contributed by atoms with van der Waals surface area (Å²) < 4.78 is 10.4. The summed E-state index contributed by atoms with van der Waals surface area (Å²) in [6.45, 7) is 8.00. The van der Waals surface area contributed by atoms with Gasteiger partial charge in [0.05, 0.1) is 14.2 Å². The first kappa shape index (κ1) is 49.9. The number of benzene rings is 4. The molecule has 0 fully saturated rings. The van der Waals surface area contributed by atoms with Gasteiger partial charge in [0.25, 0.3) is 0 Å². The molecule has 4 aliphatic rings. The quantitative estimate of drug-likeness (QED) is 0.223. The summed E-state index contributed by atoms with van der Waals surface area (Å²) in [5.41, 5.74) is 10.5. The average Bonchev–Trinajstić information content (AvgIpc) is 3.93. The Morgan fingerprint density at radius 1 is 0.520 bits per heavy atom. The Balaban J connectivity index is 0. The number of halogens is 2. The molecule has 0 unspecified atom stereocenters. The van der Waals surface area contributed by atoms with Crippen LogP contribution in [-0.4, -0.2) is 14.2 Å². The first-order valence-corrected chi connectivity index (χ1v) is 15.9. The summed E-state index contributed by atoms with van der Waals surface area (Å²) in [4.78, 5) is 0. The first-order chi connectivity index (χ1) is 22.6. The number of hydrogen-bond acceptors (Lipinski definition) is 2. The molecule has 50 heavy (non-hydrogen) atoms. The molecule has 0 saturated heterocycles. The van der Waals surface area contributed by atoms with E-state index in [1.54, 1.807) is 14.2 Å². The number of methoxy groups -OCH3 is 2. The number of hydrogen-bond donors (Lipinski definition) is 0. The Morgan fingerprint density at radius 2 is 0.880 bits per heavy atom. The van der Waals surface area contributed by atoms with Crippen LogP contribution in [0.15, 0.2) is 109 Å². The van der Waals surface area contributed by atoms with Gasteiger partial charge in [0.15, 0.2) is 0 Å². The minimum absolute atomic E-state index is 0. The van der Waals surface area contributed by atoms with Gasteiger partial charge >= 0.3 is 52.4 Å². The van der Waals surface area contributed by atoms with Gasteiger partial charge in [0.1, 0.15) is 0 Å². The van der Waals surface area contributed by atoms with Gasteiger partial charge in [0, 0.05) is 11.5 Å². The van der Waals surface area contributed by atoms with Crippen LogP contribution >= 0.6 is 0 Å². The molecule has 8 rings (SSSR count). The molecule has 6 heteroatoms. The second-order valence-electron chi connectivity index (χ2n) is 10.7. The van der Waals surface area contributed by atoms with E-state index < -0.39 is 0 Å². The van der Waals surface area contributed by atoms with Gasteiger partial charge in [-0.1, -0.05) is 70.8 Å². The van der Waals surface area contributed by atoms with Crippen LogP contribution in [-0.2, 0) is 65.2 Å². The maximum atomic E-state index is 5.18. The van der Waals surface area contributed by atoms with Crippen molar-refractivity contribution in [3.8, 4) is 33.8 Å². The molecule has 4 aromatic carbocycles. The van der Waals surface area contributed by atoms with E-state index in [0.717, 1.165) is 37.2 Å². The second kappa shape index (κ2) is 29.4. The smallest absolute Gasteiger partial charge is 1.00 e. The van der Waals surface area contributed by atoms with E-state index in [0.29, 0.717) is 0 Å². The summed E-state index contributed by atoms with van der Waals surface area (Å²) in [6, 6.07) is 31.8. The van der Waals surface area contributed by atoms with Crippen molar-refractivity contribution in [1.29, 1.82) is 0 Å². The fraction of sp³-hybridized carbons (Fsp3) is 0.227. The van der Waals surface area contributed by atoms with Crippen LogP contribution in [0, 0.1) is 37.1 Å². The molecule has 0 atom stereocenters. The summed E-state index contributed by atoms with van der Waals surface area (Å²) >= 11 is 0. The molecule has 2 nitrogen and oxygen atoms in total. The molecule has 0 bridgehead atoms. The monoisotopic (exact) mass is 856 g/mol. The fourth-order valence-electron chi connectivity index (χ4n) is 4.99. The number of ether oxygens (including phenoxy) is 2. The SMILES string of the molecule is COc1[c-]c2c(cc1)-c1ccccc1C2.COc1[c-]c2c(cc1)-c1ccccc1C2.C[CH-]C.C[CH-]C.[C-]1=CC=CC1.[C-]1=CC=CC1.[Cl-].[Cl-].[Zr+3].[Zr+3]. The molecule has 2 radical (unpaired) electrons. The molecule has 0 amide bonds. The number of fused-ring (bicyclic) bond motifs is 6. The van der Waals surface area contributed by atoms with Gasteiger partial charge < -0.3 is 47.1 Å². The zero-order valence-electron chi connectivity index (χ0n) is 29.9. The average molecular weight is 860 g/mol. The van der Waals surface area contributed by atoms with E-state index in [4.69, 9.17) is 9.47 Å². The minimum Gasteiger partial charge on any atom is -1.00 e. The normalized spacial score (nSPS) is 11.5. The van der Waals surface area contributed by atoms with Gasteiger partial charge in [0.2, 0.25) is 0 Å². The van der Waals surface area contributed by atoms with Crippen molar-refractivity contribution in [1.82, 2.24) is 0 Å². The molecule has 258 valence electrons. The molecule has 4 aromatic rings. The number of allylic oxidation sites excluding steroid dienone is 8. The predicted molar refractivity (Wildman–Crippen MR) is 195 cm³/mol. The summed E-state index contributed by atoms with van der Waals surface area (Å²) in [5.74, 6) is 1.64. The van der Waals surface area contributed by atoms with Gasteiger partial charge in [-0.15, -0.1) is 59.4 Å². The molecule has 4 aliphatic carbocycles. The van der Waals surface area contributed by atoms with E-state index in [1.807, 2.05) is 77.0 Å². The molecule has 0 aliphatic heterocycles. The van der Waals surface area contributed by atoms with Crippen LogP contribution in [0.1, 0.15) is 62.8 Å². The third-order valence-electron chi connectivity index (χ3n) is 6.96. The number of rotatable bonds is 2. The van der Waals surface area contributed by atoms with Gasteiger partial charge in [-0.05, 0) is 12.8 Å². The van der Waals surface area contributed by atoms with Crippen LogP contribution in [0.5, 0.6) is 11.5 Å². The van der Waals surface area contributed by atoms with Crippen LogP contribution < -0.4 is 34.3 Å². The maximum Gasteiger partial charge on any atom is 3.00 e. The third-order valence-corrected chi connectivity index (χ3v) is 6.96. The van der Waals surface area contributed by atoms with E-state index >= 15 is 0 Å². The van der Waals surface area contributed by atoms with Crippen molar-refractivity contribution >= 4 is 0 Å². The molecular weight excluding hydrogens is 814 g/mol. The van der Waals surface area contributed by atoms with Crippen molar-refractivity contribution in [3.63, 3.8) is 0 Å². The van der Waals surface area contributed by atoms with Crippen molar-refractivity contribution in [2.24, 2.45) is 0 Å². The van der Waals surface area contributed by atoms with Gasteiger partial charge in [-0.3, -0.25) is 12.2 Å². The summed E-state index contributed by atoms with van der Waals surface area (Å²) in [7, 11) is 3.36. The standard InChI is InChI=1S/2C14H11O.2C5H5.2C3H7.2ClH.2Zr/c2*1-15-12-6-7-14-11(9-12)8-10-4-2-3-5-13(10)14;2*1-2-4-5-3-1;2*1-3-2;;;;/h2*2-7H,8H2,1H3;2*1-3H,4H2;2*3H,1-2H3;2*1H;;/q6*-1;;;2*+3/p-2. The molecule has 0 heterocycles. The predicted octanol–water partition coefficient (Wildman–Crippen LogP) is 5.21. The second-order valence-corrected chi connectivity index (χ2v) is 10.7. The zero-order chi connectivity index (χ0) is 33.0. The first-order valence-electron chi connectivity index (χ1n) is 15.9. The van der Waals surface area contributed by atoms with Gasteiger partial charge in [-0.25, -0.2) is 24.3 Å². The van der Waals surface area contributed by atoms with Crippen molar-refractivity contribution in [2.75, 3.05) is 14.2 Å². The molecule has 0 spiro atoms.